The number of halogens is 1. The number of guanidine groups is 1. The van der Waals surface area contributed by atoms with Crippen LogP contribution < -0.4 is 10.6 Å². The van der Waals surface area contributed by atoms with Crippen molar-refractivity contribution in [1.82, 2.24) is 20.2 Å². The van der Waals surface area contributed by atoms with Gasteiger partial charge in [-0.05, 0) is 38.2 Å². The van der Waals surface area contributed by atoms with E-state index in [1.165, 1.54) is 12.0 Å². The molecule has 4 rings (SSSR count). The molecule has 2 fully saturated rings. The summed E-state index contributed by atoms with van der Waals surface area (Å²) in [5, 5.41) is 6.92. The molecule has 2 saturated heterocycles. The van der Waals surface area contributed by atoms with E-state index in [4.69, 9.17) is 9.73 Å². The summed E-state index contributed by atoms with van der Waals surface area (Å²) in [5.74, 6) is 1.85. The lowest BCUT2D eigenvalue weighted by Crippen LogP contribution is -2.47. The van der Waals surface area contributed by atoms with Crippen LogP contribution in [-0.2, 0) is 24.2 Å². The highest BCUT2D eigenvalue weighted by Gasteiger charge is 2.41. The molecule has 0 aliphatic carbocycles. The summed E-state index contributed by atoms with van der Waals surface area (Å²) in [5.41, 5.74) is 1.34. The van der Waals surface area contributed by atoms with E-state index in [1.54, 1.807) is 0 Å². The minimum absolute atomic E-state index is 0. The van der Waals surface area contributed by atoms with Gasteiger partial charge in [0.15, 0.2) is 5.96 Å². The molecule has 3 heterocycles. The molecule has 3 unspecified atom stereocenters. The third-order valence-corrected chi connectivity index (χ3v) is 5.44. The van der Waals surface area contributed by atoms with Crippen molar-refractivity contribution in [2.45, 2.75) is 63.9 Å². The minimum atomic E-state index is 0. The Morgan fingerprint density at radius 3 is 2.86 bits per heavy atom. The Balaban J connectivity index is 0.00000225. The van der Waals surface area contributed by atoms with E-state index in [0.717, 1.165) is 44.1 Å². The van der Waals surface area contributed by atoms with Crippen LogP contribution >= 0.6 is 24.0 Å². The van der Waals surface area contributed by atoms with Crippen LogP contribution in [0.25, 0.3) is 0 Å². The number of imidazole rings is 1. The summed E-state index contributed by atoms with van der Waals surface area (Å²) in [6.07, 6.45) is 9.12. The van der Waals surface area contributed by atoms with Crippen LogP contribution in [-0.4, -0.2) is 40.3 Å². The topological polar surface area (TPSA) is 63.5 Å². The maximum absolute atomic E-state index is 5.95. The lowest BCUT2D eigenvalue weighted by Gasteiger charge is -2.22. The molecule has 2 aliphatic heterocycles. The van der Waals surface area contributed by atoms with Crippen molar-refractivity contribution in [3.63, 3.8) is 0 Å². The van der Waals surface area contributed by atoms with Gasteiger partial charge in [-0.15, -0.1) is 24.0 Å². The van der Waals surface area contributed by atoms with Gasteiger partial charge in [0, 0.05) is 25.5 Å². The minimum Gasteiger partial charge on any atom is -0.373 e. The highest BCUT2D eigenvalue weighted by atomic mass is 127. The molecule has 1 aromatic heterocycles. The van der Waals surface area contributed by atoms with Crippen LogP contribution in [0, 0.1) is 0 Å². The maximum Gasteiger partial charge on any atom is 0.192 e. The third kappa shape index (κ3) is 5.26. The Labute approximate surface area is 184 Å². The molecule has 152 valence electrons. The van der Waals surface area contributed by atoms with Gasteiger partial charge >= 0.3 is 0 Å². The highest BCUT2D eigenvalue weighted by Crippen LogP contribution is 2.34. The molecule has 2 N–H and O–H groups in total. The molecule has 2 bridgehead atoms. The first-order chi connectivity index (χ1) is 13.3. The molecule has 3 atom stereocenters. The molecule has 2 aromatic rings. The van der Waals surface area contributed by atoms with E-state index in [9.17, 15) is 0 Å². The van der Waals surface area contributed by atoms with Crippen molar-refractivity contribution in [2.75, 3.05) is 6.54 Å². The Hall–Kier alpha value is -1.61. The molecule has 0 spiro atoms. The number of ether oxygens (including phenoxy) is 1. The molecule has 6 nitrogen and oxygen atoms in total. The zero-order valence-corrected chi connectivity index (χ0v) is 18.7. The Morgan fingerprint density at radius 2 is 2.14 bits per heavy atom. The fourth-order valence-electron chi connectivity index (χ4n) is 4.02. The quantitative estimate of drug-likeness (QED) is 0.352. The predicted molar refractivity (Wildman–Crippen MR) is 122 cm³/mol. The van der Waals surface area contributed by atoms with E-state index in [-0.39, 0.29) is 24.0 Å². The van der Waals surface area contributed by atoms with E-state index in [1.807, 2.05) is 12.4 Å². The van der Waals surface area contributed by atoms with E-state index in [2.05, 4.69) is 57.4 Å². The smallest absolute Gasteiger partial charge is 0.192 e. The van der Waals surface area contributed by atoms with Gasteiger partial charge in [-0.3, -0.25) is 0 Å². The van der Waals surface area contributed by atoms with E-state index < -0.39 is 0 Å². The number of aryl methyl sites for hydroxylation is 2. The SMILES string of the molecule is CCNC(=NCc1nccn1CCc1ccccc1)NC1CC2CCC1O2.I. The van der Waals surface area contributed by atoms with Gasteiger partial charge in [-0.2, -0.15) is 0 Å². The normalized spacial score (nSPS) is 23.5. The van der Waals surface area contributed by atoms with Crippen molar-refractivity contribution >= 4 is 29.9 Å². The number of nitrogens with one attached hydrogen (secondary N) is 2. The van der Waals surface area contributed by atoms with Crippen LogP contribution in [0.2, 0.25) is 0 Å². The van der Waals surface area contributed by atoms with Crippen LogP contribution in [0.3, 0.4) is 0 Å². The summed E-state index contributed by atoms with van der Waals surface area (Å²) in [4.78, 5) is 9.28. The number of rotatable bonds is 7. The van der Waals surface area contributed by atoms with Crippen molar-refractivity contribution in [3.05, 3.63) is 54.1 Å². The summed E-state index contributed by atoms with van der Waals surface area (Å²) in [6, 6.07) is 10.9. The average Bonchev–Trinajstić information content (AvgIpc) is 3.42. The van der Waals surface area contributed by atoms with Gasteiger partial charge in [0.05, 0.1) is 18.2 Å². The van der Waals surface area contributed by atoms with Gasteiger partial charge in [-0.25, -0.2) is 9.98 Å². The van der Waals surface area contributed by atoms with Crippen molar-refractivity contribution < 1.29 is 4.74 Å². The van der Waals surface area contributed by atoms with Crippen LogP contribution in [0.1, 0.15) is 37.6 Å². The second kappa shape index (κ2) is 10.2. The molecular formula is C21H30IN5O. The molecule has 7 heteroatoms. The lowest BCUT2D eigenvalue weighted by molar-refractivity contribution is 0.0992. The lowest BCUT2D eigenvalue weighted by atomic mass is 9.96. The van der Waals surface area contributed by atoms with Crippen molar-refractivity contribution in [3.8, 4) is 0 Å². The summed E-state index contributed by atoms with van der Waals surface area (Å²) in [6.45, 7) is 4.42. The summed E-state index contributed by atoms with van der Waals surface area (Å²) >= 11 is 0. The van der Waals surface area contributed by atoms with Gasteiger partial charge in [0.25, 0.3) is 0 Å². The fraction of sp³-hybridized carbons (Fsp3) is 0.524. The summed E-state index contributed by atoms with van der Waals surface area (Å²) < 4.78 is 8.14. The third-order valence-electron chi connectivity index (χ3n) is 5.44. The number of hydrogen-bond acceptors (Lipinski definition) is 3. The molecule has 1 aromatic carbocycles. The second-order valence-corrected chi connectivity index (χ2v) is 7.33. The molecule has 0 radical (unpaired) electrons. The van der Waals surface area contributed by atoms with Gasteiger partial charge in [0.1, 0.15) is 12.4 Å². The second-order valence-electron chi connectivity index (χ2n) is 7.33. The monoisotopic (exact) mass is 495 g/mol. The molecular weight excluding hydrogens is 465 g/mol. The Bertz CT molecular complexity index is 763. The number of fused-ring (bicyclic) bond motifs is 2. The molecule has 0 saturated carbocycles. The molecule has 0 amide bonds. The van der Waals surface area contributed by atoms with Gasteiger partial charge in [-0.1, -0.05) is 30.3 Å². The van der Waals surface area contributed by atoms with Gasteiger partial charge < -0.3 is 19.9 Å². The molecule has 28 heavy (non-hydrogen) atoms. The summed E-state index contributed by atoms with van der Waals surface area (Å²) in [7, 11) is 0. The number of hydrogen-bond donors (Lipinski definition) is 2. The number of nitrogens with zero attached hydrogens (tertiary/aromatic N) is 3. The van der Waals surface area contributed by atoms with Crippen molar-refractivity contribution in [1.29, 1.82) is 0 Å². The van der Waals surface area contributed by atoms with E-state index in [0.29, 0.717) is 24.8 Å². The zero-order chi connectivity index (χ0) is 18.5. The van der Waals surface area contributed by atoms with Gasteiger partial charge in [0.2, 0.25) is 0 Å². The first-order valence-corrected chi connectivity index (χ1v) is 10.1. The fourth-order valence-corrected chi connectivity index (χ4v) is 4.02. The Morgan fingerprint density at radius 1 is 1.29 bits per heavy atom. The van der Waals surface area contributed by atoms with Crippen LogP contribution in [0.4, 0.5) is 0 Å². The molecule has 2 aliphatic rings. The maximum atomic E-state index is 5.95. The first kappa shape index (κ1) is 21.1. The van der Waals surface area contributed by atoms with E-state index >= 15 is 0 Å². The number of benzene rings is 1. The number of aliphatic imine (C=N–C) groups is 1. The average molecular weight is 495 g/mol. The highest BCUT2D eigenvalue weighted by molar-refractivity contribution is 14.0. The first-order valence-electron chi connectivity index (χ1n) is 10.1. The van der Waals surface area contributed by atoms with Crippen molar-refractivity contribution in [2.24, 2.45) is 4.99 Å². The van der Waals surface area contributed by atoms with Crippen LogP contribution in [0.15, 0.2) is 47.7 Å². The Kier molecular flexibility index (Phi) is 7.73. The number of aromatic nitrogens is 2. The standard InChI is InChI=1S/C21H29N5O.HI/c1-2-22-21(25-18-14-17-8-9-19(18)27-17)24-15-20-23-11-13-26(20)12-10-16-6-4-3-5-7-16;/h3-7,11,13,17-19H,2,8-10,12,14-15H2,1H3,(H2,22,24,25);1H. The largest absolute Gasteiger partial charge is 0.373 e. The van der Waals surface area contributed by atoms with Crippen LogP contribution in [0.5, 0.6) is 0 Å². The predicted octanol–water partition coefficient (Wildman–Crippen LogP) is 3.12. The zero-order valence-electron chi connectivity index (χ0n) is 16.4.